The molecule has 32 heavy (non-hydrogen) atoms. The maximum absolute atomic E-state index is 15.2. The summed E-state index contributed by atoms with van der Waals surface area (Å²) in [4.78, 5) is 6.56. The zero-order valence-corrected chi connectivity index (χ0v) is 18.8. The third-order valence-corrected chi connectivity index (χ3v) is 7.15. The molecule has 0 aliphatic carbocycles. The monoisotopic (exact) mass is 454 g/mol. The molecule has 3 aromatic heterocycles. The molecule has 1 aliphatic heterocycles. The van der Waals surface area contributed by atoms with E-state index in [1.807, 2.05) is 30.8 Å². The summed E-state index contributed by atoms with van der Waals surface area (Å²) in [6.45, 7) is 3.40. The van der Waals surface area contributed by atoms with E-state index in [4.69, 9.17) is 0 Å². The Morgan fingerprint density at radius 1 is 1.19 bits per heavy atom. The highest BCUT2D eigenvalue weighted by Gasteiger charge is 2.25. The third-order valence-electron chi connectivity index (χ3n) is 5.89. The number of pyridine rings is 1. The first-order valence-electron chi connectivity index (χ1n) is 10.3. The molecule has 0 saturated heterocycles. The van der Waals surface area contributed by atoms with Crippen molar-refractivity contribution in [3.63, 3.8) is 0 Å². The second kappa shape index (κ2) is 7.33. The Hall–Kier alpha value is -3.40. The van der Waals surface area contributed by atoms with Crippen LogP contribution >= 0.6 is 0 Å². The van der Waals surface area contributed by atoms with Crippen LogP contribution in [0.4, 0.5) is 15.8 Å². The van der Waals surface area contributed by atoms with Gasteiger partial charge < -0.3 is 9.47 Å². The van der Waals surface area contributed by atoms with Crippen LogP contribution in [0, 0.1) is 5.82 Å². The van der Waals surface area contributed by atoms with E-state index in [0.29, 0.717) is 34.4 Å². The maximum Gasteiger partial charge on any atom is 0.281 e. The van der Waals surface area contributed by atoms with Crippen LogP contribution in [0.25, 0.3) is 22.2 Å². The molecule has 5 rings (SSSR count). The predicted molar refractivity (Wildman–Crippen MR) is 122 cm³/mol. The number of sulfonamides is 1. The molecule has 0 saturated carbocycles. The lowest BCUT2D eigenvalue weighted by molar-refractivity contribution is 0.593. The second-order valence-corrected chi connectivity index (χ2v) is 9.58. The van der Waals surface area contributed by atoms with Crippen LogP contribution in [0.1, 0.15) is 12.5 Å². The lowest BCUT2D eigenvalue weighted by Gasteiger charge is -2.14. The molecular weight excluding hydrogens is 431 g/mol. The minimum atomic E-state index is -3.93. The number of likely N-dealkylation sites (N-methyl/N-ethyl adjacent to an activating group) is 1. The Labute approximate surface area is 185 Å². The van der Waals surface area contributed by atoms with Gasteiger partial charge in [0.15, 0.2) is 5.03 Å². The number of aryl methyl sites for hydroxylation is 2. The van der Waals surface area contributed by atoms with Gasteiger partial charge in [-0.1, -0.05) is 0 Å². The van der Waals surface area contributed by atoms with Gasteiger partial charge in [0.05, 0.1) is 11.1 Å². The Morgan fingerprint density at radius 3 is 2.72 bits per heavy atom. The number of hydrogen-bond acceptors (Lipinski definition) is 5. The summed E-state index contributed by atoms with van der Waals surface area (Å²) in [5.74, 6) is -0.336. The minimum absolute atomic E-state index is 0.0910. The average molecular weight is 455 g/mol. The van der Waals surface area contributed by atoms with Crippen LogP contribution in [0.2, 0.25) is 0 Å². The highest BCUT2D eigenvalue weighted by Crippen LogP contribution is 2.40. The molecule has 0 atom stereocenters. The van der Waals surface area contributed by atoms with Crippen molar-refractivity contribution in [2.75, 3.05) is 23.2 Å². The summed E-state index contributed by atoms with van der Waals surface area (Å²) < 4.78 is 47.1. The fraction of sp³-hybridized carbons (Fsp3) is 0.273. The lowest BCUT2D eigenvalue weighted by atomic mass is 10.0. The number of nitrogens with zero attached hydrogens (tertiary/aromatic N) is 5. The molecule has 1 N–H and O–H groups in total. The normalized spacial score (nSPS) is 13.7. The lowest BCUT2D eigenvalue weighted by Crippen LogP contribution is -2.14. The first-order valence-corrected chi connectivity index (χ1v) is 11.8. The molecule has 4 aromatic rings. The average Bonchev–Trinajstić information content (AvgIpc) is 3.45. The smallest absolute Gasteiger partial charge is 0.281 e. The molecule has 1 aliphatic rings. The van der Waals surface area contributed by atoms with Crippen molar-refractivity contribution >= 4 is 32.4 Å². The maximum atomic E-state index is 15.2. The molecule has 4 heterocycles. The van der Waals surface area contributed by atoms with Crippen LogP contribution < -0.4 is 9.62 Å². The van der Waals surface area contributed by atoms with Crippen molar-refractivity contribution in [3.05, 3.63) is 54.2 Å². The van der Waals surface area contributed by atoms with Crippen LogP contribution in [0.5, 0.6) is 0 Å². The number of anilines is 2. The number of benzene rings is 1. The molecule has 0 spiro atoms. The third kappa shape index (κ3) is 3.22. The Morgan fingerprint density at radius 2 is 2.00 bits per heavy atom. The van der Waals surface area contributed by atoms with Crippen molar-refractivity contribution in [2.45, 2.75) is 24.9 Å². The number of nitrogens with one attached hydrogen (secondary N) is 1. The zero-order valence-electron chi connectivity index (χ0n) is 18.0. The van der Waals surface area contributed by atoms with Gasteiger partial charge >= 0.3 is 0 Å². The molecule has 0 amide bonds. The molecule has 0 radical (unpaired) electrons. The summed E-state index contributed by atoms with van der Waals surface area (Å²) in [7, 11) is -0.297. The number of fused-ring (bicyclic) bond motifs is 2. The fourth-order valence-electron chi connectivity index (χ4n) is 4.25. The van der Waals surface area contributed by atoms with Gasteiger partial charge in [-0.3, -0.25) is 9.40 Å². The Bertz CT molecular complexity index is 1460. The SMILES string of the molecule is CCn1cc(-c2cc3c(cc2F)CCN3C)c2c(NS(=O)(=O)c3ccn(C)n3)ccnc21. The van der Waals surface area contributed by atoms with Crippen LogP contribution in [-0.4, -0.2) is 41.3 Å². The first kappa shape index (κ1) is 20.5. The number of halogens is 1. The molecule has 166 valence electrons. The van der Waals surface area contributed by atoms with Gasteiger partial charge in [-0.25, -0.2) is 9.37 Å². The van der Waals surface area contributed by atoms with Crippen LogP contribution in [0.3, 0.4) is 0 Å². The molecule has 8 nitrogen and oxygen atoms in total. The predicted octanol–water partition coefficient (Wildman–Crippen LogP) is 3.39. The van der Waals surface area contributed by atoms with E-state index in [2.05, 4.69) is 19.7 Å². The van der Waals surface area contributed by atoms with E-state index in [-0.39, 0.29) is 10.8 Å². The van der Waals surface area contributed by atoms with Crippen molar-refractivity contribution in [1.82, 2.24) is 19.3 Å². The van der Waals surface area contributed by atoms with E-state index in [0.717, 1.165) is 24.2 Å². The molecule has 0 bridgehead atoms. The second-order valence-electron chi connectivity index (χ2n) is 7.95. The van der Waals surface area contributed by atoms with Gasteiger partial charge in [0.1, 0.15) is 11.5 Å². The Kier molecular flexibility index (Phi) is 4.70. The molecule has 10 heteroatoms. The highest BCUT2D eigenvalue weighted by molar-refractivity contribution is 7.92. The van der Waals surface area contributed by atoms with E-state index in [1.165, 1.54) is 10.7 Å². The molecule has 0 fully saturated rings. The number of hydrogen-bond donors (Lipinski definition) is 1. The van der Waals surface area contributed by atoms with Crippen molar-refractivity contribution in [1.29, 1.82) is 0 Å². The van der Waals surface area contributed by atoms with Crippen molar-refractivity contribution in [2.24, 2.45) is 7.05 Å². The topological polar surface area (TPSA) is 85.0 Å². The zero-order chi connectivity index (χ0) is 22.6. The van der Waals surface area contributed by atoms with E-state index >= 15 is 4.39 Å². The van der Waals surface area contributed by atoms with E-state index < -0.39 is 10.0 Å². The number of rotatable bonds is 5. The highest BCUT2D eigenvalue weighted by atomic mass is 32.2. The standard InChI is InChI=1S/C22H23FN6O2S/c1-4-29-13-16(15-12-19-14(11-17(15)23)6-9-27(19)2)21-18(5-8-24-22(21)29)26-32(30,31)20-7-10-28(3)25-20/h5,7-8,10-13H,4,6,9H2,1-3H3,(H,24,26). The van der Waals surface area contributed by atoms with Crippen molar-refractivity contribution in [3.8, 4) is 11.1 Å². The fourth-order valence-corrected chi connectivity index (χ4v) is 5.29. The van der Waals surface area contributed by atoms with E-state index in [1.54, 1.807) is 31.6 Å². The van der Waals surface area contributed by atoms with Gasteiger partial charge in [-0.05, 0) is 43.2 Å². The summed E-state index contributed by atoms with van der Waals surface area (Å²) in [5.41, 5.74) is 3.88. The summed E-state index contributed by atoms with van der Waals surface area (Å²) in [6.07, 6.45) is 5.74. The number of aromatic nitrogens is 4. The van der Waals surface area contributed by atoms with Gasteiger partial charge in [-0.2, -0.15) is 13.5 Å². The van der Waals surface area contributed by atoms with Crippen molar-refractivity contribution < 1.29 is 12.8 Å². The molecule has 0 unspecified atom stereocenters. The van der Waals surface area contributed by atoms with Crippen LogP contribution in [-0.2, 0) is 30.0 Å². The quantitative estimate of drug-likeness (QED) is 0.500. The van der Waals surface area contributed by atoms with Crippen LogP contribution in [0.15, 0.2) is 47.9 Å². The van der Waals surface area contributed by atoms with Gasteiger partial charge in [-0.15, -0.1) is 0 Å². The molecule has 1 aromatic carbocycles. The summed E-state index contributed by atoms with van der Waals surface area (Å²) in [5, 5.41) is 4.46. The summed E-state index contributed by atoms with van der Waals surface area (Å²) in [6, 6.07) is 6.44. The van der Waals surface area contributed by atoms with Gasteiger partial charge in [0.2, 0.25) is 0 Å². The van der Waals surface area contributed by atoms with E-state index in [9.17, 15) is 8.42 Å². The molecular formula is C22H23FN6O2S. The Balaban J connectivity index is 1.71. The first-order chi connectivity index (χ1) is 15.3. The van der Waals surface area contributed by atoms with Gasteiger partial charge in [0.25, 0.3) is 10.0 Å². The summed E-state index contributed by atoms with van der Waals surface area (Å²) >= 11 is 0. The van der Waals surface area contributed by atoms with Gasteiger partial charge in [0, 0.05) is 62.6 Å². The largest absolute Gasteiger partial charge is 0.374 e. The minimum Gasteiger partial charge on any atom is -0.374 e.